The second-order valence-corrected chi connectivity index (χ2v) is 13.9. The number of halogens is 1. The molecule has 0 atom stereocenters. The molecule has 0 saturated heterocycles. The number of benzene rings is 7. The summed E-state index contributed by atoms with van der Waals surface area (Å²) in [5.41, 5.74) is 18.7. The van der Waals surface area contributed by atoms with Gasteiger partial charge in [0.1, 0.15) is 5.69 Å². The highest BCUT2D eigenvalue weighted by molar-refractivity contribution is 6.32. The number of aryl methyl sites for hydroxylation is 2. The Morgan fingerprint density at radius 3 is 2.02 bits per heavy atom. The molecule has 8 aromatic rings. The van der Waals surface area contributed by atoms with E-state index in [0.717, 1.165) is 41.1 Å². The molecule has 0 radical (unpaired) electrons. The lowest BCUT2D eigenvalue weighted by atomic mass is 9.85. The van der Waals surface area contributed by atoms with Crippen LogP contribution in [0.3, 0.4) is 0 Å². The third kappa shape index (κ3) is 4.94. The molecule has 0 bridgehead atoms. The van der Waals surface area contributed by atoms with Crippen LogP contribution in [0.4, 0.5) is 0 Å². The van der Waals surface area contributed by atoms with E-state index in [4.69, 9.17) is 16.6 Å². The first-order valence-corrected chi connectivity index (χ1v) is 17.7. The van der Waals surface area contributed by atoms with Crippen molar-refractivity contribution >= 4 is 33.1 Å². The van der Waals surface area contributed by atoms with Crippen molar-refractivity contribution in [2.24, 2.45) is 0 Å². The van der Waals surface area contributed by atoms with Gasteiger partial charge in [0.2, 0.25) is 0 Å². The van der Waals surface area contributed by atoms with Gasteiger partial charge in [-0.2, -0.15) is 0 Å². The van der Waals surface area contributed by atoms with E-state index < -0.39 is 0 Å². The summed E-state index contributed by atoms with van der Waals surface area (Å²) in [5.74, 6) is 0. The SMILES string of the molecule is Cc1cccc(-c2nc3c(nc2Cl)-c2ccccc2C3)c1.Cc1ccccc1-c1c(C)c2c(c3ccccc13)-c1ccc3ccccc3c1C2. The number of aromatic nitrogens is 2. The van der Waals surface area contributed by atoms with Crippen LogP contribution >= 0.6 is 11.6 Å². The van der Waals surface area contributed by atoms with E-state index >= 15 is 0 Å². The van der Waals surface area contributed by atoms with E-state index in [0.29, 0.717) is 5.15 Å². The van der Waals surface area contributed by atoms with Crippen molar-refractivity contribution in [1.82, 2.24) is 9.97 Å². The minimum atomic E-state index is 0.469. The predicted molar refractivity (Wildman–Crippen MR) is 210 cm³/mol. The average Bonchev–Trinajstić information content (AvgIpc) is 3.72. The molecule has 2 aliphatic rings. The molecule has 240 valence electrons. The Bertz CT molecular complexity index is 2650. The van der Waals surface area contributed by atoms with Crippen molar-refractivity contribution in [3.63, 3.8) is 0 Å². The highest BCUT2D eigenvalue weighted by Gasteiger charge is 2.27. The zero-order chi connectivity index (χ0) is 33.9. The molecule has 2 nitrogen and oxygen atoms in total. The summed E-state index contributed by atoms with van der Waals surface area (Å²) in [6.07, 6.45) is 1.84. The minimum Gasteiger partial charge on any atom is -0.247 e. The van der Waals surface area contributed by atoms with Crippen LogP contribution in [0.1, 0.15) is 39.1 Å². The normalized spacial score (nSPS) is 12.2. The van der Waals surface area contributed by atoms with Gasteiger partial charge in [0.25, 0.3) is 0 Å². The van der Waals surface area contributed by atoms with Crippen molar-refractivity contribution in [3.05, 3.63) is 178 Å². The molecule has 7 aromatic carbocycles. The molecule has 0 unspecified atom stereocenters. The predicted octanol–water partition coefficient (Wildman–Crippen LogP) is 12.5. The smallest absolute Gasteiger partial charge is 0.156 e. The van der Waals surface area contributed by atoms with E-state index in [-0.39, 0.29) is 0 Å². The molecule has 1 aromatic heterocycles. The maximum atomic E-state index is 6.39. The lowest BCUT2D eigenvalue weighted by molar-refractivity contribution is 1.09. The minimum absolute atomic E-state index is 0.469. The van der Waals surface area contributed by atoms with Gasteiger partial charge in [-0.25, -0.2) is 9.97 Å². The van der Waals surface area contributed by atoms with Crippen LogP contribution in [-0.4, -0.2) is 9.97 Å². The first-order valence-electron chi connectivity index (χ1n) is 17.3. The molecular weight excluding hydrogens is 628 g/mol. The second-order valence-electron chi connectivity index (χ2n) is 13.6. The standard InChI is InChI=1S/C29H22.C18H13ClN2/c1-18-9-3-5-11-21(18)28-19(2)26-17-27-22-12-6-4-10-20(22)15-16-25(27)29(26)24-14-8-7-13-23(24)28;1-11-5-4-7-13(9-11)16-18(19)21-17-14-8-3-2-6-12(14)10-15(17)20-16/h3-16H,17H2,1-2H3;2-9H,10H2,1H3. The first-order chi connectivity index (χ1) is 24.5. The summed E-state index contributed by atoms with van der Waals surface area (Å²) in [6, 6.07) is 47.6. The largest absolute Gasteiger partial charge is 0.247 e. The zero-order valence-corrected chi connectivity index (χ0v) is 29.1. The van der Waals surface area contributed by atoms with Gasteiger partial charge in [-0.1, -0.05) is 145 Å². The molecule has 1 heterocycles. The molecule has 10 rings (SSSR count). The van der Waals surface area contributed by atoms with Crippen molar-refractivity contribution in [3.8, 4) is 44.8 Å². The highest BCUT2D eigenvalue weighted by atomic mass is 35.5. The molecule has 0 fully saturated rings. The molecular formula is C47H35ClN2. The maximum absolute atomic E-state index is 6.39. The van der Waals surface area contributed by atoms with Crippen LogP contribution in [0.5, 0.6) is 0 Å². The summed E-state index contributed by atoms with van der Waals surface area (Å²) in [7, 11) is 0. The monoisotopic (exact) mass is 662 g/mol. The number of nitrogens with zero attached hydrogens (tertiary/aromatic N) is 2. The Balaban J connectivity index is 0.000000142. The summed E-state index contributed by atoms with van der Waals surface area (Å²) in [6.45, 7) is 6.61. The Hall–Kier alpha value is -5.57. The Morgan fingerprint density at radius 1 is 0.520 bits per heavy atom. The van der Waals surface area contributed by atoms with Gasteiger partial charge in [0, 0.05) is 17.5 Å². The van der Waals surface area contributed by atoms with Gasteiger partial charge in [-0.3, -0.25) is 0 Å². The van der Waals surface area contributed by atoms with E-state index in [1.165, 1.54) is 77.2 Å². The Morgan fingerprint density at radius 2 is 1.22 bits per heavy atom. The zero-order valence-electron chi connectivity index (χ0n) is 28.4. The summed E-state index contributed by atoms with van der Waals surface area (Å²) >= 11 is 6.39. The average molecular weight is 663 g/mol. The number of hydrogen-bond acceptors (Lipinski definition) is 2. The third-order valence-corrected chi connectivity index (χ3v) is 10.8. The van der Waals surface area contributed by atoms with Crippen LogP contribution in [-0.2, 0) is 12.8 Å². The second kappa shape index (κ2) is 12.1. The fourth-order valence-electron chi connectivity index (χ4n) is 8.14. The van der Waals surface area contributed by atoms with Gasteiger partial charge >= 0.3 is 0 Å². The van der Waals surface area contributed by atoms with Crippen LogP contribution in [0.15, 0.2) is 133 Å². The molecule has 50 heavy (non-hydrogen) atoms. The van der Waals surface area contributed by atoms with Crippen LogP contribution in [0.2, 0.25) is 5.15 Å². The van der Waals surface area contributed by atoms with E-state index in [2.05, 4.69) is 135 Å². The summed E-state index contributed by atoms with van der Waals surface area (Å²) in [4.78, 5) is 9.39. The number of fused-ring (bicyclic) bond motifs is 10. The summed E-state index contributed by atoms with van der Waals surface area (Å²) in [5, 5.41) is 5.93. The molecule has 0 amide bonds. The van der Waals surface area contributed by atoms with Crippen LogP contribution < -0.4 is 0 Å². The van der Waals surface area contributed by atoms with Crippen LogP contribution in [0, 0.1) is 20.8 Å². The van der Waals surface area contributed by atoms with E-state index in [1.54, 1.807) is 0 Å². The highest BCUT2D eigenvalue weighted by Crippen LogP contribution is 2.49. The van der Waals surface area contributed by atoms with Gasteiger partial charge in [-0.15, -0.1) is 0 Å². The van der Waals surface area contributed by atoms with Crippen LogP contribution in [0.25, 0.3) is 66.3 Å². The molecule has 0 N–H and O–H groups in total. The Labute approximate surface area is 298 Å². The van der Waals surface area contributed by atoms with Crippen molar-refractivity contribution in [2.75, 3.05) is 0 Å². The maximum Gasteiger partial charge on any atom is 0.156 e. The number of rotatable bonds is 2. The van der Waals surface area contributed by atoms with Crippen molar-refractivity contribution in [2.45, 2.75) is 33.6 Å². The van der Waals surface area contributed by atoms with Gasteiger partial charge in [0.05, 0.1) is 11.4 Å². The van der Waals surface area contributed by atoms with Gasteiger partial charge in [0.15, 0.2) is 5.15 Å². The van der Waals surface area contributed by atoms with Crippen molar-refractivity contribution in [1.29, 1.82) is 0 Å². The molecule has 3 heteroatoms. The lowest BCUT2D eigenvalue weighted by Gasteiger charge is -2.18. The van der Waals surface area contributed by atoms with E-state index in [1.807, 2.05) is 24.3 Å². The lowest BCUT2D eigenvalue weighted by Crippen LogP contribution is -1.96. The fraction of sp³-hybridized carbons (Fsp3) is 0.106. The molecule has 0 saturated carbocycles. The topological polar surface area (TPSA) is 25.8 Å². The van der Waals surface area contributed by atoms with Gasteiger partial charge in [-0.05, 0) is 105 Å². The quantitative estimate of drug-likeness (QED) is 0.184. The Kier molecular flexibility index (Phi) is 7.37. The number of hydrogen-bond donors (Lipinski definition) is 0. The van der Waals surface area contributed by atoms with Crippen molar-refractivity contribution < 1.29 is 0 Å². The van der Waals surface area contributed by atoms with E-state index in [9.17, 15) is 0 Å². The first kappa shape index (κ1) is 30.5. The molecule has 0 spiro atoms. The molecule has 0 aliphatic heterocycles. The summed E-state index contributed by atoms with van der Waals surface area (Å²) < 4.78 is 0. The molecule has 2 aliphatic carbocycles. The van der Waals surface area contributed by atoms with Gasteiger partial charge < -0.3 is 0 Å². The fourth-order valence-corrected chi connectivity index (χ4v) is 8.37. The third-order valence-electron chi connectivity index (χ3n) is 10.5.